The van der Waals surface area contributed by atoms with Gasteiger partial charge in [-0.05, 0) is 25.1 Å². The van der Waals surface area contributed by atoms with Crippen LogP contribution in [0.2, 0.25) is 0 Å². The van der Waals surface area contributed by atoms with Gasteiger partial charge in [-0.25, -0.2) is 0 Å². The van der Waals surface area contributed by atoms with Gasteiger partial charge in [0.1, 0.15) is 5.69 Å². The minimum absolute atomic E-state index is 0.692. The molecule has 0 spiro atoms. The summed E-state index contributed by atoms with van der Waals surface area (Å²) < 4.78 is 0. The van der Waals surface area contributed by atoms with Crippen LogP contribution in [0.25, 0.3) is 0 Å². The molecule has 1 saturated heterocycles. The van der Waals surface area contributed by atoms with E-state index in [-0.39, 0.29) is 0 Å². The van der Waals surface area contributed by atoms with Crippen LogP contribution in [0.4, 0.5) is 0 Å². The number of nitrogens with one attached hydrogen (secondary N) is 1. The van der Waals surface area contributed by atoms with Gasteiger partial charge >= 0.3 is 33.3 Å². The van der Waals surface area contributed by atoms with Crippen LogP contribution in [-0.4, -0.2) is 39.3 Å². The van der Waals surface area contributed by atoms with Crippen LogP contribution in [0.15, 0.2) is 23.7 Å². The molecular weight excluding hydrogens is 381 g/mol. The molecule has 0 radical (unpaired) electrons. The number of rotatable bonds is 2. The van der Waals surface area contributed by atoms with Crippen LogP contribution in [-0.2, 0) is 13.1 Å². The summed E-state index contributed by atoms with van der Waals surface area (Å²) in [4.78, 5) is 10.2. The molecule has 5 nitrogen and oxygen atoms in total. The first-order chi connectivity index (χ1) is 10.3. The van der Waals surface area contributed by atoms with Gasteiger partial charge in [0.25, 0.3) is 0 Å². The summed E-state index contributed by atoms with van der Waals surface area (Å²) in [6, 6.07) is 0. The van der Waals surface area contributed by atoms with Gasteiger partial charge in [-0.3, -0.25) is 15.4 Å². The fourth-order valence-electron chi connectivity index (χ4n) is 1.88. The Morgan fingerprint density at radius 1 is 1.29 bits per heavy atom. The van der Waals surface area contributed by atoms with Crippen LogP contribution >= 0.6 is 32.4 Å². The Morgan fingerprint density at radius 2 is 1.95 bits per heavy atom. The predicted molar refractivity (Wildman–Crippen MR) is 87.1 cm³/mol. The average molecular weight is 398 g/mol. The third kappa shape index (κ3) is 8.53. The van der Waals surface area contributed by atoms with E-state index < -0.39 is 0 Å². The SMILES string of the molecule is S=C(NN=Cc1cnccn1)N1CCCCCC1.[Cl][Cu][Cl]. The molecule has 0 bridgehead atoms. The summed E-state index contributed by atoms with van der Waals surface area (Å²) in [5.74, 6) is 0. The van der Waals surface area contributed by atoms with E-state index in [4.69, 9.17) is 12.2 Å². The molecule has 0 aromatic carbocycles. The zero-order valence-corrected chi connectivity index (χ0v) is 14.6. The molecule has 21 heavy (non-hydrogen) atoms. The van der Waals surface area contributed by atoms with E-state index in [2.05, 4.69) is 45.6 Å². The summed E-state index contributed by atoms with van der Waals surface area (Å²) in [6.45, 7) is 2.04. The van der Waals surface area contributed by atoms with Crippen molar-refractivity contribution in [1.29, 1.82) is 0 Å². The second-order valence-electron chi connectivity index (χ2n) is 4.25. The molecule has 1 aromatic heterocycles. The second-order valence-corrected chi connectivity index (χ2v) is 6.19. The number of hydrazone groups is 1. The van der Waals surface area contributed by atoms with Crippen molar-refractivity contribution >= 4 is 43.7 Å². The molecule has 2 rings (SSSR count). The number of nitrogens with zero attached hydrogens (tertiary/aromatic N) is 4. The summed E-state index contributed by atoms with van der Waals surface area (Å²) in [5, 5.41) is 4.78. The topological polar surface area (TPSA) is 53.4 Å². The van der Waals surface area contributed by atoms with Crippen molar-refractivity contribution in [3.63, 3.8) is 0 Å². The normalized spacial score (nSPS) is 15.2. The van der Waals surface area contributed by atoms with Gasteiger partial charge in [0.15, 0.2) is 5.11 Å². The van der Waals surface area contributed by atoms with Crippen molar-refractivity contribution in [3.05, 3.63) is 24.3 Å². The number of thiocarbonyl (C=S) groups is 1. The molecule has 2 heterocycles. The molecule has 0 aliphatic carbocycles. The summed E-state index contributed by atoms with van der Waals surface area (Å²) in [5.41, 5.74) is 3.60. The number of likely N-dealkylation sites (tertiary alicyclic amines) is 1. The first-order valence-electron chi connectivity index (χ1n) is 6.43. The van der Waals surface area contributed by atoms with E-state index >= 15 is 0 Å². The van der Waals surface area contributed by atoms with Gasteiger partial charge in [-0.2, -0.15) is 5.10 Å². The molecule has 1 aliphatic heterocycles. The van der Waals surface area contributed by atoms with Gasteiger partial charge in [0.05, 0.1) is 12.4 Å². The van der Waals surface area contributed by atoms with Gasteiger partial charge in [0, 0.05) is 25.5 Å². The number of halogens is 2. The molecule has 0 amide bonds. The van der Waals surface area contributed by atoms with Gasteiger partial charge in [-0.15, -0.1) is 0 Å². The first kappa shape index (κ1) is 18.6. The van der Waals surface area contributed by atoms with E-state index in [1.807, 2.05) is 0 Å². The number of hydrogen-bond donors (Lipinski definition) is 1. The quantitative estimate of drug-likeness (QED) is 0.360. The first-order valence-corrected chi connectivity index (χ1v) is 9.43. The maximum atomic E-state index is 5.31. The Labute approximate surface area is 145 Å². The van der Waals surface area contributed by atoms with Crippen LogP contribution < -0.4 is 5.43 Å². The van der Waals surface area contributed by atoms with E-state index in [1.165, 1.54) is 25.7 Å². The Kier molecular flexibility index (Phi) is 10.7. The Bertz CT molecular complexity index is 427. The van der Waals surface area contributed by atoms with Crippen molar-refractivity contribution in [2.75, 3.05) is 13.1 Å². The molecule has 0 saturated carbocycles. The average Bonchev–Trinajstić information content (AvgIpc) is 2.78. The van der Waals surface area contributed by atoms with E-state index in [0.717, 1.165) is 26.2 Å². The van der Waals surface area contributed by atoms with Crippen LogP contribution in [0.3, 0.4) is 0 Å². The third-order valence-corrected chi connectivity index (χ3v) is 3.18. The molecule has 0 unspecified atom stereocenters. The van der Waals surface area contributed by atoms with Crippen LogP contribution in [0, 0.1) is 0 Å². The maximum absolute atomic E-state index is 5.31. The summed E-state index contributed by atoms with van der Waals surface area (Å²) in [7, 11) is 9.34. The standard InChI is InChI=1S/C12H17N5S.2ClH.Cu/c18-12(17-7-3-1-2-4-8-17)16-15-10-11-9-13-5-6-14-11;;;/h5-6,9-10H,1-4,7-8H2,(H,16,18);2*1H;/q;;;+2/p-2. The fourth-order valence-corrected chi connectivity index (χ4v) is 2.11. The van der Waals surface area contributed by atoms with E-state index in [1.54, 1.807) is 24.8 Å². The van der Waals surface area contributed by atoms with Gasteiger partial charge in [0.2, 0.25) is 0 Å². The zero-order chi connectivity index (χ0) is 15.3. The van der Waals surface area contributed by atoms with Crippen LogP contribution in [0.5, 0.6) is 0 Å². The fraction of sp³-hybridized carbons (Fsp3) is 0.500. The predicted octanol–water partition coefficient (Wildman–Crippen LogP) is 2.94. The third-order valence-electron chi connectivity index (χ3n) is 2.83. The molecule has 0 atom stereocenters. The van der Waals surface area contributed by atoms with Gasteiger partial charge in [-0.1, -0.05) is 12.8 Å². The van der Waals surface area contributed by atoms with Gasteiger partial charge < -0.3 is 4.90 Å². The monoisotopic (exact) mass is 396 g/mol. The Hall–Kier alpha value is -0.461. The molecule has 9 heteroatoms. The molecule has 1 aliphatic rings. The van der Waals surface area contributed by atoms with Crippen molar-refractivity contribution in [2.24, 2.45) is 5.10 Å². The molecular formula is C12H17Cl2CuN5S. The van der Waals surface area contributed by atoms with Crippen molar-refractivity contribution in [3.8, 4) is 0 Å². The van der Waals surface area contributed by atoms with E-state index in [0.29, 0.717) is 10.8 Å². The Morgan fingerprint density at radius 3 is 2.52 bits per heavy atom. The van der Waals surface area contributed by atoms with Crippen LogP contribution in [0.1, 0.15) is 31.4 Å². The van der Waals surface area contributed by atoms with Crippen molar-refractivity contribution in [2.45, 2.75) is 25.7 Å². The molecule has 121 valence electrons. The second kappa shape index (κ2) is 12.1. The number of aromatic nitrogens is 2. The zero-order valence-electron chi connectivity index (χ0n) is 11.3. The van der Waals surface area contributed by atoms with Crippen molar-refractivity contribution in [1.82, 2.24) is 20.3 Å². The minimum atomic E-state index is 0.692. The molecule has 1 N–H and O–H groups in total. The Balaban J connectivity index is 0.000000677. The summed E-state index contributed by atoms with van der Waals surface area (Å²) in [6.07, 6.45) is 11.5. The van der Waals surface area contributed by atoms with E-state index in [9.17, 15) is 0 Å². The molecule has 1 fully saturated rings. The number of hydrogen-bond acceptors (Lipinski definition) is 4. The van der Waals surface area contributed by atoms with Crippen molar-refractivity contribution < 1.29 is 13.1 Å². The summed E-state index contributed by atoms with van der Waals surface area (Å²) >= 11 is 6.07. The molecule has 1 aromatic rings.